The third-order valence-electron chi connectivity index (χ3n) is 2.63. The number of quaternary nitrogens is 1. The molecule has 96 valence electrons. The predicted octanol–water partition coefficient (Wildman–Crippen LogP) is 2.16. The summed E-state index contributed by atoms with van der Waals surface area (Å²) in [6, 6.07) is 10.3. The van der Waals surface area contributed by atoms with Gasteiger partial charge in [-0.2, -0.15) is 0 Å². The lowest BCUT2D eigenvalue weighted by Crippen LogP contribution is -2.54. The third-order valence-corrected chi connectivity index (χ3v) is 6.47. The Morgan fingerprint density at radius 1 is 1.28 bits per heavy atom. The smallest absolute Gasteiger partial charge is 0.200 e. The van der Waals surface area contributed by atoms with Crippen molar-refractivity contribution in [3.05, 3.63) is 52.4 Å². The molecule has 0 spiro atoms. The Labute approximate surface area is 115 Å². The SMILES string of the molecule is [NH3+]C[C@H](c1cccc(Cl)c1)S(=O)(=O)c1cccs1. The molecular weight excluding hydrogens is 290 g/mol. The van der Waals surface area contributed by atoms with E-state index in [1.54, 1.807) is 41.8 Å². The Balaban J connectivity index is 2.47. The lowest BCUT2D eigenvalue weighted by atomic mass is 10.1. The van der Waals surface area contributed by atoms with Crippen molar-refractivity contribution in [3.8, 4) is 0 Å². The topological polar surface area (TPSA) is 61.8 Å². The molecule has 0 aliphatic carbocycles. The largest absolute Gasteiger partial charge is 0.356 e. The lowest BCUT2D eigenvalue weighted by molar-refractivity contribution is -0.367. The molecule has 3 N–H and O–H groups in total. The summed E-state index contributed by atoms with van der Waals surface area (Å²) in [7, 11) is -3.38. The minimum atomic E-state index is -3.38. The summed E-state index contributed by atoms with van der Waals surface area (Å²) < 4.78 is 25.3. The summed E-state index contributed by atoms with van der Waals surface area (Å²) in [6.45, 7) is 0.278. The van der Waals surface area contributed by atoms with Crippen molar-refractivity contribution < 1.29 is 14.2 Å². The van der Waals surface area contributed by atoms with Gasteiger partial charge in [-0.3, -0.25) is 0 Å². The Bertz CT molecular complexity index is 623. The molecule has 0 aliphatic heterocycles. The van der Waals surface area contributed by atoms with E-state index in [0.29, 0.717) is 14.8 Å². The second-order valence-electron chi connectivity index (χ2n) is 3.81. The van der Waals surface area contributed by atoms with E-state index >= 15 is 0 Å². The first kappa shape index (κ1) is 13.5. The minimum absolute atomic E-state index is 0.278. The quantitative estimate of drug-likeness (QED) is 0.941. The summed E-state index contributed by atoms with van der Waals surface area (Å²) in [4.78, 5) is 0. The van der Waals surface area contributed by atoms with Crippen LogP contribution in [0.1, 0.15) is 10.8 Å². The molecule has 3 nitrogen and oxygen atoms in total. The van der Waals surface area contributed by atoms with Crippen LogP contribution in [0.2, 0.25) is 5.02 Å². The fraction of sp³-hybridized carbons (Fsp3) is 0.167. The van der Waals surface area contributed by atoms with Crippen molar-refractivity contribution in [2.24, 2.45) is 0 Å². The van der Waals surface area contributed by atoms with Crippen molar-refractivity contribution in [3.63, 3.8) is 0 Å². The van der Waals surface area contributed by atoms with Crippen molar-refractivity contribution in [1.29, 1.82) is 0 Å². The van der Waals surface area contributed by atoms with Gasteiger partial charge in [0.15, 0.2) is 9.84 Å². The maximum absolute atomic E-state index is 12.5. The van der Waals surface area contributed by atoms with Crippen LogP contribution in [-0.4, -0.2) is 15.0 Å². The molecule has 2 rings (SSSR count). The highest BCUT2D eigenvalue weighted by Gasteiger charge is 2.30. The van der Waals surface area contributed by atoms with Gasteiger partial charge in [0.25, 0.3) is 0 Å². The highest BCUT2D eigenvalue weighted by Crippen LogP contribution is 2.31. The van der Waals surface area contributed by atoms with Crippen LogP contribution in [0.5, 0.6) is 0 Å². The van der Waals surface area contributed by atoms with Crippen LogP contribution < -0.4 is 5.73 Å². The van der Waals surface area contributed by atoms with Crippen LogP contribution in [-0.2, 0) is 9.84 Å². The van der Waals surface area contributed by atoms with Gasteiger partial charge in [-0.15, -0.1) is 11.3 Å². The van der Waals surface area contributed by atoms with Crippen molar-refractivity contribution in [2.45, 2.75) is 9.46 Å². The molecule has 18 heavy (non-hydrogen) atoms. The molecular formula is C12H13ClNO2S2+. The normalized spacial score (nSPS) is 13.4. The van der Waals surface area contributed by atoms with Crippen molar-refractivity contribution >= 4 is 32.8 Å². The van der Waals surface area contributed by atoms with E-state index in [2.05, 4.69) is 5.73 Å². The summed E-state index contributed by atoms with van der Waals surface area (Å²) in [5.74, 6) is 0. The first-order valence-corrected chi connectivity index (χ1v) is 8.18. The second kappa shape index (κ2) is 5.40. The number of hydrogen-bond donors (Lipinski definition) is 1. The summed E-state index contributed by atoms with van der Waals surface area (Å²) in [5.41, 5.74) is 4.44. The fourth-order valence-electron chi connectivity index (χ4n) is 1.77. The molecule has 0 radical (unpaired) electrons. The van der Waals surface area contributed by atoms with E-state index in [4.69, 9.17) is 11.6 Å². The maximum Gasteiger partial charge on any atom is 0.200 e. The lowest BCUT2D eigenvalue weighted by Gasteiger charge is -2.13. The Hall–Kier alpha value is -0.880. The first-order chi connectivity index (χ1) is 8.55. The molecule has 1 heterocycles. The Morgan fingerprint density at radius 2 is 2.06 bits per heavy atom. The fourth-order valence-corrected chi connectivity index (χ4v) is 4.84. The Morgan fingerprint density at radius 3 is 2.61 bits per heavy atom. The van der Waals surface area contributed by atoms with Crippen LogP contribution in [0, 0.1) is 0 Å². The summed E-state index contributed by atoms with van der Waals surface area (Å²) >= 11 is 7.13. The van der Waals surface area contributed by atoms with Gasteiger partial charge >= 0.3 is 0 Å². The van der Waals surface area contributed by atoms with Gasteiger partial charge < -0.3 is 5.73 Å². The zero-order valence-electron chi connectivity index (χ0n) is 9.54. The molecule has 0 fully saturated rings. The number of benzene rings is 1. The van der Waals surface area contributed by atoms with Gasteiger partial charge in [0.2, 0.25) is 0 Å². The van der Waals surface area contributed by atoms with Gasteiger partial charge in [0.1, 0.15) is 9.46 Å². The Kier molecular flexibility index (Phi) is 4.07. The van der Waals surface area contributed by atoms with Crippen LogP contribution in [0.15, 0.2) is 46.0 Å². The number of sulfone groups is 1. The van der Waals surface area contributed by atoms with Gasteiger partial charge in [0.05, 0.1) is 6.54 Å². The van der Waals surface area contributed by atoms with Crippen molar-refractivity contribution in [2.75, 3.05) is 6.54 Å². The van der Waals surface area contributed by atoms with E-state index in [-0.39, 0.29) is 6.54 Å². The molecule has 0 saturated carbocycles. The van der Waals surface area contributed by atoms with Crippen LogP contribution in [0.3, 0.4) is 0 Å². The zero-order valence-corrected chi connectivity index (χ0v) is 11.9. The molecule has 1 aromatic carbocycles. The third kappa shape index (κ3) is 2.59. The zero-order chi connectivity index (χ0) is 13.2. The average Bonchev–Trinajstić information content (AvgIpc) is 2.83. The predicted molar refractivity (Wildman–Crippen MR) is 73.5 cm³/mol. The molecule has 1 atom stereocenters. The van der Waals surface area contributed by atoms with Crippen LogP contribution in [0.25, 0.3) is 0 Å². The molecule has 6 heteroatoms. The minimum Gasteiger partial charge on any atom is -0.356 e. The maximum atomic E-state index is 12.5. The molecule has 0 amide bonds. The van der Waals surface area contributed by atoms with E-state index in [1.165, 1.54) is 11.3 Å². The van der Waals surface area contributed by atoms with Crippen molar-refractivity contribution in [1.82, 2.24) is 0 Å². The van der Waals surface area contributed by atoms with Gasteiger partial charge in [0, 0.05) is 5.02 Å². The molecule has 0 saturated heterocycles. The molecule has 0 aliphatic rings. The van der Waals surface area contributed by atoms with Crippen LogP contribution in [0.4, 0.5) is 0 Å². The van der Waals surface area contributed by atoms with E-state index < -0.39 is 15.1 Å². The van der Waals surface area contributed by atoms with Gasteiger partial charge in [-0.05, 0) is 29.1 Å². The molecule has 0 unspecified atom stereocenters. The van der Waals surface area contributed by atoms with E-state index in [0.717, 1.165) is 0 Å². The summed E-state index contributed by atoms with van der Waals surface area (Å²) in [6.07, 6.45) is 0. The highest BCUT2D eigenvalue weighted by atomic mass is 35.5. The number of hydrogen-bond acceptors (Lipinski definition) is 3. The molecule has 1 aromatic heterocycles. The monoisotopic (exact) mass is 302 g/mol. The highest BCUT2D eigenvalue weighted by molar-refractivity contribution is 7.93. The standard InChI is InChI=1S/C12H12ClNO2S2/c13-10-4-1-3-9(7-10)11(8-14)18(15,16)12-5-2-6-17-12/h1-7,11H,8,14H2/p+1/t11-/m1/s1. The summed E-state index contributed by atoms with van der Waals surface area (Å²) in [5, 5.41) is 1.65. The van der Waals surface area contributed by atoms with Gasteiger partial charge in [-0.1, -0.05) is 29.8 Å². The second-order valence-corrected chi connectivity index (χ2v) is 7.55. The number of thiophene rings is 1. The molecule has 0 bridgehead atoms. The van der Waals surface area contributed by atoms with E-state index in [1.807, 2.05) is 0 Å². The average molecular weight is 303 g/mol. The van der Waals surface area contributed by atoms with E-state index in [9.17, 15) is 8.42 Å². The number of rotatable bonds is 4. The molecule has 2 aromatic rings. The first-order valence-electron chi connectivity index (χ1n) is 5.38. The number of halogens is 1. The van der Waals surface area contributed by atoms with Gasteiger partial charge in [-0.25, -0.2) is 8.42 Å². The van der Waals surface area contributed by atoms with Crippen LogP contribution >= 0.6 is 22.9 Å².